The Kier molecular flexibility index (Phi) is 32.5. The number of rotatable bonds is 46. The lowest BCUT2D eigenvalue weighted by Crippen LogP contribution is -2.47. The van der Waals surface area contributed by atoms with Gasteiger partial charge in [0.2, 0.25) is 5.91 Å². The molecule has 1 saturated heterocycles. The Labute approximate surface area is 419 Å². The Morgan fingerprint density at radius 1 is 0.634 bits per heavy atom. The normalized spacial score (nSPS) is 13.3. The summed E-state index contributed by atoms with van der Waals surface area (Å²) in [5, 5.41) is 9.59. The summed E-state index contributed by atoms with van der Waals surface area (Å²) in [5.41, 5.74) is 10.0. The van der Waals surface area contributed by atoms with E-state index in [1.165, 1.54) is 0 Å². The maximum absolute atomic E-state index is 13.2. The highest BCUT2D eigenvalue weighted by Gasteiger charge is 2.20. The molecule has 0 unspecified atom stereocenters. The van der Waals surface area contributed by atoms with Crippen LogP contribution >= 0.6 is 0 Å². The Morgan fingerprint density at radius 2 is 1.11 bits per heavy atom. The Hall–Kier alpha value is -3.88. The van der Waals surface area contributed by atoms with Gasteiger partial charge in [-0.3, -0.25) is 14.5 Å². The van der Waals surface area contributed by atoms with Crippen LogP contribution < -0.4 is 10.6 Å². The number of aromatic amines is 1. The summed E-state index contributed by atoms with van der Waals surface area (Å²) in [5.74, 6) is 0.509. The van der Waals surface area contributed by atoms with Gasteiger partial charge in [-0.05, 0) is 24.6 Å². The number of unbranched alkanes of at least 4 members (excludes halogenated alkanes) is 1. The highest BCUT2D eigenvalue weighted by molar-refractivity contribution is 6.07. The average Bonchev–Trinajstić information content (AvgIpc) is 3.82. The van der Waals surface area contributed by atoms with E-state index in [1.807, 2.05) is 6.07 Å². The van der Waals surface area contributed by atoms with Crippen LogP contribution in [-0.4, -0.2) is 247 Å². The number of aromatic nitrogens is 3. The van der Waals surface area contributed by atoms with E-state index >= 15 is 0 Å². The Morgan fingerprint density at radius 3 is 1.62 bits per heavy atom. The minimum atomic E-state index is -0.882. The molecule has 0 aliphatic carbocycles. The summed E-state index contributed by atoms with van der Waals surface area (Å²) < 4.78 is 66.1. The van der Waals surface area contributed by atoms with E-state index in [1.54, 1.807) is 12.0 Å². The van der Waals surface area contributed by atoms with Crippen LogP contribution in [0.3, 0.4) is 0 Å². The number of methoxy groups -OCH3 is 1. The third-order valence-corrected chi connectivity index (χ3v) is 11.2. The lowest BCUT2D eigenvalue weighted by molar-refractivity contribution is -0.138. The van der Waals surface area contributed by atoms with Crippen molar-refractivity contribution in [3.8, 4) is 0 Å². The molecule has 0 radical (unpaired) electrons. The second kappa shape index (κ2) is 38.7. The molecule has 0 atom stereocenters. The van der Waals surface area contributed by atoms with Crippen molar-refractivity contribution < 1.29 is 71.5 Å². The number of nitrogen functional groups attached to an aromatic ring is 1. The summed E-state index contributed by atoms with van der Waals surface area (Å²) in [7, 11) is 1.63. The molecule has 4 N–H and O–H groups in total. The summed E-state index contributed by atoms with van der Waals surface area (Å²) in [6, 6.07) is 6.38. The van der Waals surface area contributed by atoms with E-state index in [0.717, 1.165) is 85.4 Å². The molecule has 0 bridgehead atoms. The molecule has 0 spiro atoms. The van der Waals surface area contributed by atoms with E-state index in [-0.39, 0.29) is 25.4 Å². The molecule has 4 rings (SSSR count). The van der Waals surface area contributed by atoms with Crippen molar-refractivity contribution in [2.45, 2.75) is 39.0 Å². The third-order valence-electron chi connectivity index (χ3n) is 11.2. The number of anilines is 2. The maximum Gasteiger partial charge on any atom is 0.305 e. The largest absolute Gasteiger partial charge is 0.481 e. The second-order valence-electron chi connectivity index (χ2n) is 16.5. The smallest absolute Gasteiger partial charge is 0.305 e. The quantitative estimate of drug-likeness (QED) is 0.0689. The zero-order chi connectivity index (χ0) is 50.4. The molecule has 71 heavy (non-hydrogen) atoms. The number of piperazine rings is 1. The molecule has 2 aromatic heterocycles. The fourth-order valence-electron chi connectivity index (χ4n) is 7.29. The number of carboxylic acids is 1. The van der Waals surface area contributed by atoms with E-state index in [4.69, 9.17) is 72.7 Å². The van der Waals surface area contributed by atoms with Crippen LogP contribution in [0.25, 0.3) is 21.9 Å². The monoisotopic (exact) mass is 1010 g/mol. The first-order valence-electron chi connectivity index (χ1n) is 25.3. The van der Waals surface area contributed by atoms with Crippen molar-refractivity contribution in [3.63, 3.8) is 0 Å². The maximum atomic E-state index is 13.2. The van der Waals surface area contributed by atoms with Gasteiger partial charge >= 0.3 is 5.97 Å². The van der Waals surface area contributed by atoms with Gasteiger partial charge in [-0.2, -0.15) is 0 Å². The van der Waals surface area contributed by atoms with Crippen molar-refractivity contribution in [2.75, 3.05) is 216 Å². The number of amides is 1. The topological polar surface area (TPSA) is 242 Å². The Bertz CT molecular complexity index is 1840. The lowest BCUT2D eigenvalue weighted by atomic mass is 10.1. The van der Waals surface area contributed by atoms with Gasteiger partial charge in [0.1, 0.15) is 11.3 Å². The zero-order valence-electron chi connectivity index (χ0n) is 42.5. The SMILES string of the molecule is CCCCc1nc2c(N)nc3ccc(N4CCN(CCOCCN(CCOCCOCCOCCOCCOCCOCCOCCOCCC(=O)O)C(=O)CCOCCOCCOC)CC4)cc3c2[nH]1. The number of nitrogens with two attached hydrogens (primary N) is 1. The second-order valence-corrected chi connectivity index (χ2v) is 16.5. The highest BCUT2D eigenvalue weighted by atomic mass is 16.6. The number of carboxylic acid groups (broad SMARTS) is 1. The van der Waals surface area contributed by atoms with Gasteiger partial charge in [-0.1, -0.05) is 13.3 Å². The molecule has 404 valence electrons. The zero-order valence-corrected chi connectivity index (χ0v) is 42.5. The number of hydrogen-bond donors (Lipinski definition) is 3. The van der Waals surface area contributed by atoms with Gasteiger partial charge in [0.25, 0.3) is 0 Å². The summed E-state index contributed by atoms with van der Waals surface area (Å²) in [4.78, 5) is 43.2. The first-order chi connectivity index (χ1) is 34.9. The summed E-state index contributed by atoms with van der Waals surface area (Å²) in [6.45, 7) is 17.3. The molecule has 3 heterocycles. The number of hydrogen-bond acceptors (Lipinski definition) is 19. The minimum Gasteiger partial charge on any atom is -0.481 e. The van der Waals surface area contributed by atoms with Crippen LogP contribution in [0, 0.1) is 0 Å². The van der Waals surface area contributed by atoms with Crippen molar-refractivity contribution >= 4 is 45.3 Å². The van der Waals surface area contributed by atoms with Crippen molar-refractivity contribution in [1.82, 2.24) is 24.8 Å². The van der Waals surface area contributed by atoms with Crippen molar-refractivity contribution in [3.05, 3.63) is 24.0 Å². The number of fused-ring (bicyclic) bond motifs is 3. The number of carbonyl (C=O) groups excluding carboxylic acids is 1. The van der Waals surface area contributed by atoms with Crippen LogP contribution in [0.5, 0.6) is 0 Å². The van der Waals surface area contributed by atoms with E-state index in [2.05, 4.69) is 38.8 Å². The predicted molar refractivity (Wildman–Crippen MR) is 267 cm³/mol. The average molecular weight is 1010 g/mol. The number of nitrogens with zero attached hydrogens (tertiary/aromatic N) is 5. The van der Waals surface area contributed by atoms with Gasteiger partial charge < -0.3 is 82.5 Å². The van der Waals surface area contributed by atoms with Crippen LogP contribution in [-0.2, 0) is 72.9 Å². The number of nitrogens with one attached hydrogen (secondary N) is 1. The molecule has 1 aliphatic heterocycles. The van der Waals surface area contributed by atoms with Crippen LogP contribution in [0.4, 0.5) is 11.5 Å². The van der Waals surface area contributed by atoms with Gasteiger partial charge in [0.15, 0.2) is 5.82 Å². The van der Waals surface area contributed by atoms with Crippen molar-refractivity contribution in [1.29, 1.82) is 0 Å². The number of H-pyrrole nitrogens is 1. The molecule has 1 amide bonds. The van der Waals surface area contributed by atoms with Crippen molar-refractivity contribution in [2.24, 2.45) is 0 Å². The first kappa shape index (κ1) is 59.7. The highest BCUT2D eigenvalue weighted by Crippen LogP contribution is 2.30. The van der Waals surface area contributed by atoms with Crippen LogP contribution in [0.15, 0.2) is 18.2 Å². The van der Waals surface area contributed by atoms with Crippen LogP contribution in [0.1, 0.15) is 38.4 Å². The standard InChI is InChI=1S/C49H83N7O15/c1-3-4-5-44-52-47-42-40-41(6-7-43(42)51-49(50)48(47)53-44)55-12-10-54(11-13-55)14-19-63-20-15-56(45(57)8-17-61-24-27-65-23-22-60-2)16-21-64-26-29-67-31-33-69-35-37-71-39-38-70-36-34-68-32-30-66-28-25-62-18-9-46(58)59/h6-7,40H,3-5,8-39H2,1-2H3,(H2,50,51)(H,52,53)(H,58,59). The number of pyridine rings is 1. The molecular formula is C49H83N7O15. The van der Waals surface area contributed by atoms with E-state index < -0.39 is 5.97 Å². The van der Waals surface area contributed by atoms with Gasteiger partial charge in [-0.25, -0.2) is 9.97 Å². The number of benzene rings is 1. The Balaban J connectivity index is 1.01. The molecule has 22 nitrogen and oxygen atoms in total. The molecule has 1 fully saturated rings. The van der Waals surface area contributed by atoms with Gasteiger partial charge in [0, 0.05) is 70.4 Å². The minimum absolute atomic E-state index is 0.0140. The lowest BCUT2D eigenvalue weighted by Gasteiger charge is -2.36. The molecule has 0 saturated carbocycles. The molecule has 1 aromatic carbocycles. The van der Waals surface area contributed by atoms with E-state index in [9.17, 15) is 9.59 Å². The molecule has 3 aromatic rings. The fraction of sp³-hybridized carbons (Fsp3) is 0.755. The number of ether oxygens (including phenoxy) is 12. The number of carbonyl (C=O) groups is 2. The van der Waals surface area contributed by atoms with E-state index in [0.29, 0.717) is 164 Å². The molecule has 22 heteroatoms. The molecular weight excluding hydrogens is 927 g/mol. The fourth-order valence-corrected chi connectivity index (χ4v) is 7.29. The summed E-state index contributed by atoms with van der Waals surface area (Å²) >= 11 is 0. The number of imidazole rings is 1. The number of aryl methyl sites for hydroxylation is 1. The third kappa shape index (κ3) is 26.1. The van der Waals surface area contributed by atoms with Gasteiger partial charge in [0.05, 0.1) is 176 Å². The number of aliphatic carboxylic acids is 1. The van der Waals surface area contributed by atoms with Crippen LogP contribution in [0.2, 0.25) is 0 Å². The molecule has 1 aliphatic rings. The predicted octanol–water partition coefficient (Wildman–Crippen LogP) is 2.68. The first-order valence-corrected chi connectivity index (χ1v) is 25.3. The van der Waals surface area contributed by atoms with Gasteiger partial charge in [-0.15, -0.1) is 0 Å². The summed E-state index contributed by atoms with van der Waals surface area (Å²) in [6.07, 6.45) is 3.30.